The molecule has 0 nitrogen and oxygen atoms in total. The fourth-order valence-corrected chi connectivity index (χ4v) is 1.74. The van der Waals surface area contributed by atoms with Crippen LogP contribution in [0.3, 0.4) is 0 Å². The summed E-state index contributed by atoms with van der Waals surface area (Å²) in [5.74, 6) is 0.930. The van der Waals surface area contributed by atoms with Gasteiger partial charge in [0.15, 0.2) is 0 Å². The van der Waals surface area contributed by atoms with Crippen LogP contribution < -0.4 is 0 Å². The van der Waals surface area contributed by atoms with Crippen LogP contribution in [0, 0.1) is 6.92 Å². The summed E-state index contributed by atoms with van der Waals surface area (Å²) >= 11 is 7.69. The van der Waals surface area contributed by atoms with Crippen molar-refractivity contribution in [3.8, 4) is 0 Å². The molecule has 0 aromatic heterocycles. The third-order valence-electron chi connectivity index (χ3n) is 1.51. The number of thioether (sulfide) groups is 1. The monoisotopic (exact) mass is 198 g/mol. The average Bonchev–Trinajstić information content (AvgIpc) is 2.07. The van der Waals surface area contributed by atoms with E-state index in [0.29, 0.717) is 0 Å². The van der Waals surface area contributed by atoms with Gasteiger partial charge in [-0.1, -0.05) is 23.7 Å². The molecule has 2 heteroatoms. The predicted octanol–water partition coefficient (Wildman–Crippen LogP) is 3.93. The molecule has 0 unspecified atom stereocenters. The first kappa shape index (κ1) is 9.69. The largest absolute Gasteiger partial charge is 0.122 e. The normalized spacial score (nSPS) is 9.83. The quantitative estimate of drug-likeness (QED) is 0.524. The van der Waals surface area contributed by atoms with Gasteiger partial charge in [-0.3, -0.25) is 0 Å². The zero-order valence-corrected chi connectivity index (χ0v) is 8.58. The molecule has 0 atom stereocenters. The maximum Gasteiger partial charge on any atom is 0.0446 e. The fraction of sp³-hybridized carbons (Fsp3) is 0.200. The maximum absolute atomic E-state index is 5.95. The Kier molecular flexibility index (Phi) is 3.70. The third-order valence-corrected chi connectivity index (χ3v) is 2.91. The molecule has 0 aliphatic rings. The molecule has 1 aromatic carbocycles. The van der Waals surface area contributed by atoms with Gasteiger partial charge >= 0.3 is 0 Å². The smallest absolute Gasteiger partial charge is 0.0446 e. The highest BCUT2D eigenvalue weighted by Crippen LogP contribution is 2.24. The van der Waals surface area contributed by atoms with Gasteiger partial charge in [0.25, 0.3) is 0 Å². The van der Waals surface area contributed by atoms with Crippen LogP contribution in [0.1, 0.15) is 5.56 Å². The minimum atomic E-state index is 0.837. The molecule has 0 spiro atoms. The topological polar surface area (TPSA) is 0 Å². The van der Waals surface area contributed by atoms with E-state index in [0.717, 1.165) is 16.3 Å². The highest BCUT2D eigenvalue weighted by Gasteiger charge is 1.96. The van der Waals surface area contributed by atoms with Gasteiger partial charge in [0, 0.05) is 15.7 Å². The van der Waals surface area contributed by atoms with Crippen molar-refractivity contribution in [3.63, 3.8) is 0 Å². The first-order chi connectivity index (χ1) is 5.74. The van der Waals surface area contributed by atoms with Crippen LogP contribution in [0.4, 0.5) is 0 Å². The average molecular weight is 199 g/mol. The number of halogens is 1. The Bertz CT molecular complexity index is 281. The van der Waals surface area contributed by atoms with Crippen molar-refractivity contribution in [2.45, 2.75) is 11.8 Å². The number of hydrogen-bond acceptors (Lipinski definition) is 1. The van der Waals surface area contributed by atoms with Crippen molar-refractivity contribution in [2.24, 2.45) is 0 Å². The van der Waals surface area contributed by atoms with Crippen molar-refractivity contribution in [2.75, 3.05) is 5.75 Å². The van der Waals surface area contributed by atoms with Crippen LogP contribution in [0.25, 0.3) is 0 Å². The van der Waals surface area contributed by atoms with Crippen LogP contribution in [-0.2, 0) is 0 Å². The molecule has 0 N–H and O–H groups in total. The lowest BCUT2D eigenvalue weighted by Crippen LogP contribution is -1.77. The molecule has 0 bridgehead atoms. The Balaban J connectivity index is 2.75. The van der Waals surface area contributed by atoms with E-state index in [2.05, 4.69) is 12.6 Å². The number of hydrogen-bond donors (Lipinski definition) is 0. The van der Waals surface area contributed by atoms with Crippen LogP contribution in [0.15, 0.2) is 35.7 Å². The van der Waals surface area contributed by atoms with E-state index in [1.165, 1.54) is 4.90 Å². The number of benzene rings is 1. The summed E-state index contributed by atoms with van der Waals surface area (Å²) in [7, 11) is 0. The summed E-state index contributed by atoms with van der Waals surface area (Å²) in [5, 5.41) is 0.837. The molecule has 0 radical (unpaired) electrons. The van der Waals surface area contributed by atoms with Crippen LogP contribution in [0.5, 0.6) is 0 Å². The molecule has 0 amide bonds. The molecular weight excluding hydrogens is 188 g/mol. The van der Waals surface area contributed by atoms with Crippen LogP contribution in [0.2, 0.25) is 5.02 Å². The van der Waals surface area contributed by atoms with Gasteiger partial charge < -0.3 is 0 Å². The minimum Gasteiger partial charge on any atom is -0.122 e. The van der Waals surface area contributed by atoms with Crippen molar-refractivity contribution in [1.82, 2.24) is 0 Å². The van der Waals surface area contributed by atoms with E-state index >= 15 is 0 Å². The molecule has 0 aliphatic heterocycles. The summed E-state index contributed by atoms with van der Waals surface area (Å²) in [6, 6.07) is 6.11. The molecule has 0 aliphatic carbocycles. The first-order valence-corrected chi connectivity index (χ1v) is 5.10. The first-order valence-electron chi connectivity index (χ1n) is 3.74. The van der Waals surface area contributed by atoms with Gasteiger partial charge in [-0.25, -0.2) is 0 Å². The van der Waals surface area contributed by atoms with Gasteiger partial charge in [-0.15, -0.1) is 18.3 Å². The highest BCUT2D eigenvalue weighted by molar-refractivity contribution is 7.99. The van der Waals surface area contributed by atoms with Gasteiger partial charge in [-0.2, -0.15) is 0 Å². The van der Waals surface area contributed by atoms with Crippen molar-refractivity contribution >= 4 is 23.4 Å². The molecule has 0 heterocycles. The molecular formula is C10H11ClS. The van der Waals surface area contributed by atoms with E-state index in [4.69, 9.17) is 11.6 Å². The number of rotatable bonds is 3. The standard InChI is InChI=1S/C10H11ClS/c1-3-6-12-9-5-4-8(2)10(11)7-9/h3-5,7H,1,6H2,2H3. The summed E-state index contributed by atoms with van der Waals surface area (Å²) in [4.78, 5) is 1.20. The third kappa shape index (κ3) is 2.58. The Labute approximate surface area is 82.6 Å². The van der Waals surface area contributed by atoms with E-state index in [9.17, 15) is 0 Å². The molecule has 1 aromatic rings. The predicted molar refractivity (Wildman–Crippen MR) is 57.1 cm³/mol. The van der Waals surface area contributed by atoms with Gasteiger partial charge in [0.1, 0.15) is 0 Å². The summed E-state index contributed by atoms with van der Waals surface area (Å²) in [6.45, 7) is 5.67. The summed E-state index contributed by atoms with van der Waals surface area (Å²) in [5.41, 5.74) is 1.12. The zero-order valence-electron chi connectivity index (χ0n) is 7.01. The lowest BCUT2D eigenvalue weighted by Gasteiger charge is -2.01. The minimum absolute atomic E-state index is 0.837. The zero-order chi connectivity index (χ0) is 8.97. The van der Waals surface area contributed by atoms with E-state index in [1.54, 1.807) is 11.8 Å². The Morgan fingerprint density at radius 3 is 2.92 bits per heavy atom. The highest BCUT2D eigenvalue weighted by atomic mass is 35.5. The maximum atomic E-state index is 5.95. The molecule has 12 heavy (non-hydrogen) atoms. The Morgan fingerprint density at radius 1 is 1.58 bits per heavy atom. The van der Waals surface area contributed by atoms with Crippen LogP contribution >= 0.6 is 23.4 Å². The number of aryl methyl sites for hydroxylation is 1. The second kappa shape index (κ2) is 4.58. The van der Waals surface area contributed by atoms with Gasteiger partial charge in [0.2, 0.25) is 0 Å². The van der Waals surface area contributed by atoms with Gasteiger partial charge in [-0.05, 0) is 24.6 Å². The molecule has 1 rings (SSSR count). The van der Waals surface area contributed by atoms with E-state index < -0.39 is 0 Å². The summed E-state index contributed by atoms with van der Waals surface area (Å²) in [6.07, 6.45) is 1.89. The summed E-state index contributed by atoms with van der Waals surface area (Å²) < 4.78 is 0. The molecule has 0 saturated carbocycles. The van der Waals surface area contributed by atoms with E-state index in [1.807, 2.05) is 25.1 Å². The molecule has 0 fully saturated rings. The SMILES string of the molecule is C=CCSc1ccc(C)c(Cl)c1. The van der Waals surface area contributed by atoms with Crippen molar-refractivity contribution < 1.29 is 0 Å². The second-order valence-electron chi connectivity index (χ2n) is 2.51. The van der Waals surface area contributed by atoms with Gasteiger partial charge in [0.05, 0.1) is 0 Å². The molecule has 64 valence electrons. The van der Waals surface area contributed by atoms with Crippen LogP contribution in [-0.4, -0.2) is 5.75 Å². The second-order valence-corrected chi connectivity index (χ2v) is 4.01. The fourth-order valence-electron chi connectivity index (χ4n) is 0.819. The Hall–Kier alpha value is -0.400. The lowest BCUT2D eigenvalue weighted by molar-refractivity contribution is 1.38. The van der Waals surface area contributed by atoms with E-state index in [-0.39, 0.29) is 0 Å². The molecule has 0 saturated heterocycles. The van der Waals surface area contributed by atoms with Crippen molar-refractivity contribution in [1.29, 1.82) is 0 Å². The Morgan fingerprint density at radius 2 is 2.33 bits per heavy atom. The lowest BCUT2D eigenvalue weighted by atomic mass is 10.2. The van der Waals surface area contributed by atoms with Crippen molar-refractivity contribution in [3.05, 3.63) is 41.4 Å².